The summed E-state index contributed by atoms with van der Waals surface area (Å²) in [6.45, 7) is 0. The molecule has 0 aliphatic heterocycles. The normalized spacial score (nSPS) is 13.5. The number of nitrogens with zero attached hydrogens (tertiary/aromatic N) is 2. The summed E-state index contributed by atoms with van der Waals surface area (Å²) in [4.78, 5) is 17.8. The molecule has 134 valence electrons. The van der Waals surface area contributed by atoms with Gasteiger partial charge in [0.2, 0.25) is 0 Å². The average molecular weight is 371 g/mol. The van der Waals surface area contributed by atoms with Crippen molar-refractivity contribution in [2.75, 3.05) is 19.5 Å². The van der Waals surface area contributed by atoms with E-state index in [-0.39, 0.29) is 5.91 Å². The first kappa shape index (κ1) is 16.6. The van der Waals surface area contributed by atoms with E-state index in [1.54, 1.807) is 25.3 Å². The fraction of sp³-hybridized carbons (Fsp3) is 0.278. The number of hydrogen-bond donors (Lipinski definition) is 1. The molecule has 1 aliphatic rings. The number of anilines is 1. The number of methoxy groups -OCH3 is 2. The first-order valence-electron chi connectivity index (χ1n) is 8.14. The van der Waals surface area contributed by atoms with Gasteiger partial charge < -0.3 is 19.3 Å². The lowest BCUT2D eigenvalue weighted by Gasteiger charge is -2.10. The monoisotopic (exact) mass is 371 g/mol. The Morgan fingerprint density at radius 2 is 2.04 bits per heavy atom. The minimum Gasteiger partial charge on any atom is -0.493 e. The number of thiophene rings is 1. The third-order valence-electron chi connectivity index (χ3n) is 4.14. The molecule has 0 radical (unpaired) electrons. The maximum absolute atomic E-state index is 12.6. The Morgan fingerprint density at radius 3 is 2.77 bits per heavy atom. The van der Waals surface area contributed by atoms with Crippen LogP contribution in [0.3, 0.4) is 0 Å². The van der Waals surface area contributed by atoms with Crippen molar-refractivity contribution in [1.29, 1.82) is 0 Å². The van der Waals surface area contributed by atoms with Crippen LogP contribution in [0.4, 0.5) is 5.69 Å². The Bertz CT molecular complexity index is 946. The molecule has 2 heterocycles. The molecule has 1 N–H and O–H groups in total. The number of carbonyl (C=O) groups is 1. The van der Waals surface area contributed by atoms with Crippen LogP contribution < -0.4 is 14.8 Å². The van der Waals surface area contributed by atoms with Crippen LogP contribution >= 0.6 is 11.3 Å². The third kappa shape index (κ3) is 3.15. The largest absolute Gasteiger partial charge is 0.493 e. The van der Waals surface area contributed by atoms with Crippen LogP contribution in [0, 0.1) is 0 Å². The minimum atomic E-state index is -0.257. The summed E-state index contributed by atoms with van der Waals surface area (Å²) in [5.41, 5.74) is 1.10. The SMILES string of the molecule is COc1ccc(C(=O)Nc2ccsc2-c2nc(C3CC3)no2)cc1OC. The lowest BCUT2D eigenvalue weighted by Crippen LogP contribution is -2.12. The lowest BCUT2D eigenvalue weighted by molar-refractivity contribution is 0.102. The van der Waals surface area contributed by atoms with Gasteiger partial charge in [-0.2, -0.15) is 4.98 Å². The summed E-state index contributed by atoms with van der Waals surface area (Å²) in [7, 11) is 3.08. The van der Waals surface area contributed by atoms with Crippen molar-refractivity contribution >= 4 is 22.9 Å². The Labute approximate surface area is 153 Å². The first-order valence-corrected chi connectivity index (χ1v) is 9.02. The summed E-state index contributed by atoms with van der Waals surface area (Å²) in [5.74, 6) is 2.40. The van der Waals surface area contributed by atoms with Crippen molar-refractivity contribution in [2.24, 2.45) is 0 Å². The molecule has 1 aliphatic carbocycles. The molecule has 1 saturated carbocycles. The highest BCUT2D eigenvalue weighted by Gasteiger charge is 2.29. The van der Waals surface area contributed by atoms with E-state index in [0.717, 1.165) is 23.5 Å². The van der Waals surface area contributed by atoms with Crippen molar-refractivity contribution in [3.05, 3.63) is 41.0 Å². The zero-order chi connectivity index (χ0) is 18.1. The molecular weight excluding hydrogens is 354 g/mol. The van der Waals surface area contributed by atoms with Crippen LogP contribution in [0.2, 0.25) is 0 Å². The smallest absolute Gasteiger partial charge is 0.270 e. The number of amides is 1. The van der Waals surface area contributed by atoms with Crippen molar-refractivity contribution < 1.29 is 18.8 Å². The number of ether oxygens (including phenoxy) is 2. The van der Waals surface area contributed by atoms with E-state index in [0.29, 0.717) is 34.6 Å². The maximum Gasteiger partial charge on any atom is 0.270 e. The molecule has 2 aromatic heterocycles. The molecule has 8 heteroatoms. The van der Waals surface area contributed by atoms with Gasteiger partial charge in [-0.05, 0) is 42.5 Å². The molecule has 4 rings (SSSR count). The summed E-state index contributed by atoms with van der Waals surface area (Å²) in [5, 5.41) is 8.80. The Kier molecular flexibility index (Phi) is 4.34. The van der Waals surface area contributed by atoms with Gasteiger partial charge in [0.25, 0.3) is 11.8 Å². The van der Waals surface area contributed by atoms with Gasteiger partial charge in [0.05, 0.1) is 19.9 Å². The molecule has 26 heavy (non-hydrogen) atoms. The van der Waals surface area contributed by atoms with Gasteiger partial charge in [0, 0.05) is 11.5 Å². The molecule has 0 atom stereocenters. The van der Waals surface area contributed by atoms with Gasteiger partial charge in [-0.1, -0.05) is 5.16 Å². The quantitative estimate of drug-likeness (QED) is 0.706. The summed E-state index contributed by atoms with van der Waals surface area (Å²) in [6, 6.07) is 6.83. The zero-order valence-corrected chi connectivity index (χ0v) is 15.1. The van der Waals surface area contributed by atoms with Crippen LogP contribution in [0.25, 0.3) is 10.8 Å². The number of benzene rings is 1. The fourth-order valence-electron chi connectivity index (χ4n) is 2.58. The van der Waals surface area contributed by atoms with Gasteiger partial charge in [0.1, 0.15) is 4.88 Å². The molecule has 0 saturated heterocycles. The second kappa shape index (κ2) is 6.80. The Hall–Kier alpha value is -2.87. The molecule has 1 fully saturated rings. The standard InChI is InChI=1S/C18H17N3O4S/c1-23-13-6-5-11(9-14(13)24-2)17(22)19-12-7-8-26-15(12)18-20-16(21-25-18)10-3-4-10/h5-10H,3-4H2,1-2H3,(H,19,22). The average Bonchev–Trinajstić information content (AvgIpc) is 3.22. The van der Waals surface area contributed by atoms with Gasteiger partial charge in [0.15, 0.2) is 17.3 Å². The van der Waals surface area contributed by atoms with Gasteiger partial charge in [-0.25, -0.2) is 0 Å². The van der Waals surface area contributed by atoms with Crippen LogP contribution in [0.5, 0.6) is 11.5 Å². The fourth-order valence-corrected chi connectivity index (χ4v) is 3.35. The van der Waals surface area contributed by atoms with Gasteiger partial charge >= 0.3 is 0 Å². The third-order valence-corrected chi connectivity index (χ3v) is 5.04. The van der Waals surface area contributed by atoms with Crippen LogP contribution in [-0.4, -0.2) is 30.3 Å². The molecule has 3 aromatic rings. The lowest BCUT2D eigenvalue weighted by atomic mass is 10.2. The molecule has 0 unspecified atom stereocenters. The van der Waals surface area contributed by atoms with Crippen LogP contribution in [0.15, 0.2) is 34.2 Å². The predicted octanol–water partition coefficient (Wildman–Crippen LogP) is 3.95. The molecule has 7 nitrogen and oxygen atoms in total. The van der Waals surface area contributed by atoms with E-state index < -0.39 is 0 Å². The van der Waals surface area contributed by atoms with Crippen LogP contribution in [0.1, 0.15) is 34.9 Å². The van der Waals surface area contributed by atoms with E-state index in [1.165, 1.54) is 18.4 Å². The van der Waals surface area contributed by atoms with E-state index >= 15 is 0 Å². The van der Waals surface area contributed by atoms with Gasteiger partial charge in [-0.3, -0.25) is 4.79 Å². The second-order valence-corrected chi connectivity index (χ2v) is 6.84. The maximum atomic E-state index is 12.6. The highest BCUT2D eigenvalue weighted by molar-refractivity contribution is 7.14. The van der Waals surface area contributed by atoms with E-state index in [1.807, 2.05) is 11.4 Å². The number of aromatic nitrogens is 2. The topological polar surface area (TPSA) is 86.5 Å². The summed E-state index contributed by atoms with van der Waals surface area (Å²) in [6.07, 6.45) is 2.21. The summed E-state index contributed by atoms with van der Waals surface area (Å²) < 4.78 is 15.8. The van der Waals surface area contributed by atoms with Crippen molar-refractivity contribution in [3.8, 4) is 22.3 Å². The Morgan fingerprint density at radius 1 is 1.23 bits per heavy atom. The highest BCUT2D eigenvalue weighted by Crippen LogP contribution is 2.40. The first-order chi connectivity index (χ1) is 12.7. The molecular formula is C18H17N3O4S. The number of carbonyl (C=O) groups excluding carboxylic acids is 1. The van der Waals surface area contributed by atoms with E-state index in [4.69, 9.17) is 14.0 Å². The van der Waals surface area contributed by atoms with Crippen LogP contribution in [-0.2, 0) is 0 Å². The number of rotatable bonds is 6. The zero-order valence-electron chi connectivity index (χ0n) is 14.3. The summed E-state index contributed by atoms with van der Waals surface area (Å²) >= 11 is 1.44. The molecule has 1 amide bonds. The number of nitrogens with one attached hydrogen (secondary N) is 1. The van der Waals surface area contributed by atoms with E-state index in [9.17, 15) is 4.79 Å². The molecule has 0 bridgehead atoms. The van der Waals surface area contributed by atoms with Crippen molar-refractivity contribution in [3.63, 3.8) is 0 Å². The second-order valence-electron chi connectivity index (χ2n) is 5.92. The van der Waals surface area contributed by atoms with Gasteiger partial charge in [-0.15, -0.1) is 11.3 Å². The molecule has 1 aromatic carbocycles. The van der Waals surface area contributed by atoms with Crippen molar-refractivity contribution in [1.82, 2.24) is 10.1 Å². The highest BCUT2D eigenvalue weighted by atomic mass is 32.1. The molecule has 0 spiro atoms. The van der Waals surface area contributed by atoms with E-state index in [2.05, 4.69) is 15.5 Å². The minimum absolute atomic E-state index is 0.257. The predicted molar refractivity (Wildman–Crippen MR) is 97.1 cm³/mol. The van der Waals surface area contributed by atoms with Crippen molar-refractivity contribution in [2.45, 2.75) is 18.8 Å². The number of hydrogen-bond acceptors (Lipinski definition) is 7. The Balaban J connectivity index is 1.56.